The molecular weight excluding hydrogens is 885 g/mol. The van der Waals surface area contributed by atoms with Gasteiger partial charge in [0.25, 0.3) is 0 Å². The standard InChI is InChI=1S/C27H20NO.C21H22GeN.Ir/c1-2-7-18(8-3-1)20-13-14-22-23-11-6-12-24(27(23)29-25(22)17-20)26-21-10-5-4-9-19(21)15-16-28-26;1-16-13-21(23-15-20(16)22(2,3)4)19-12-8-11-18(14-19)17-9-6-5-7-10-17;/h1-3,6-8,11,13-17H,4-5,9-10H2;5-11,13-15H,1-4H3;/q2*-1;. The molecule has 0 aliphatic heterocycles. The molecule has 3 heterocycles. The minimum absolute atomic E-state index is 0. The summed E-state index contributed by atoms with van der Waals surface area (Å²) in [5.74, 6) is 7.23. The first-order chi connectivity index (χ1) is 25.3. The fraction of sp³-hybridized carbons (Fsp3) is 0.167. The van der Waals surface area contributed by atoms with Crippen LogP contribution in [0.3, 0.4) is 0 Å². The maximum absolute atomic E-state index is 6.42. The van der Waals surface area contributed by atoms with Crippen LogP contribution in [0.15, 0.2) is 138 Å². The van der Waals surface area contributed by atoms with Crippen LogP contribution in [0, 0.1) is 19.1 Å². The molecule has 5 heteroatoms. The molecule has 0 unspecified atom stereocenters. The molecule has 0 saturated carbocycles. The van der Waals surface area contributed by atoms with Gasteiger partial charge in [-0.05, 0) is 54.6 Å². The second-order valence-electron chi connectivity index (χ2n) is 14.8. The normalized spacial score (nSPS) is 12.5. The van der Waals surface area contributed by atoms with Crippen LogP contribution in [0.2, 0.25) is 17.3 Å². The van der Waals surface area contributed by atoms with E-state index in [1.54, 1.807) is 0 Å². The van der Waals surface area contributed by atoms with Crippen molar-refractivity contribution in [1.29, 1.82) is 0 Å². The summed E-state index contributed by atoms with van der Waals surface area (Å²) in [6.07, 6.45) is 8.73. The zero-order chi connectivity index (χ0) is 35.7. The molecule has 0 amide bonds. The van der Waals surface area contributed by atoms with Gasteiger partial charge in [-0.2, -0.15) is 0 Å². The van der Waals surface area contributed by atoms with Crippen LogP contribution in [-0.2, 0) is 32.9 Å². The van der Waals surface area contributed by atoms with E-state index in [-0.39, 0.29) is 20.1 Å². The Labute approximate surface area is 329 Å². The SMILES string of the molecule is Cc1cc(-c2[c-]ccc(-c3ccccc3)c2)nc[c]1[Ge]([CH3])([CH3])[CH3].[Ir].[c-]1ccc2c(oc3cc(-c4ccccc4)ccc32)c1-c1nccc2c1CCCC2. The Morgan fingerprint density at radius 3 is 2.08 bits per heavy atom. The van der Waals surface area contributed by atoms with E-state index in [9.17, 15) is 0 Å². The van der Waals surface area contributed by atoms with Gasteiger partial charge < -0.3 is 9.40 Å². The van der Waals surface area contributed by atoms with Crippen molar-refractivity contribution in [3.8, 4) is 44.8 Å². The van der Waals surface area contributed by atoms with Crippen molar-refractivity contribution in [3.05, 3.63) is 163 Å². The fourth-order valence-corrected chi connectivity index (χ4v) is 11.1. The van der Waals surface area contributed by atoms with Crippen LogP contribution in [0.1, 0.15) is 29.5 Å². The summed E-state index contributed by atoms with van der Waals surface area (Å²) in [6, 6.07) is 48.9. The van der Waals surface area contributed by atoms with Gasteiger partial charge in [-0.1, -0.05) is 64.5 Å². The Morgan fingerprint density at radius 2 is 1.36 bits per heavy atom. The molecule has 3 nitrogen and oxygen atoms in total. The molecule has 1 aliphatic rings. The molecule has 0 saturated heterocycles. The Balaban J connectivity index is 0.000000166. The number of aromatic nitrogens is 2. The first kappa shape index (κ1) is 36.7. The monoisotopic (exact) mass is 929 g/mol. The molecule has 0 bridgehead atoms. The third kappa shape index (κ3) is 7.73. The van der Waals surface area contributed by atoms with Crippen molar-refractivity contribution in [1.82, 2.24) is 9.97 Å². The Kier molecular flexibility index (Phi) is 10.9. The number of aryl methyl sites for hydroxylation is 2. The van der Waals surface area contributed by atoms with Gasteiger partial charge in [-0.25, -0.2) is 0 Å². The van der Waals surface area contributed by atoms with Gasteiger partial charge in [0, 0.05) is 31.7 Å². The van der Waals surface area contributed by atoms with Gasteiger partial charge in [0.2, 0.25) is 0 Å². The number of fused-ring (bicyclic) bond motifs is 4. The second kappa shape index (κ2) is 15.8. The largest absolute Gasteiger partial charge is 0.501 e. The molecule has 53 heavy (non-hydrogen) atoms. The van der Waals surface area contributed by atoms with Crippen molar-refractivity contribution in [2.45, 2.75) is 49.9 Å². The first-order valence-corrected chi connectivity index (χ1v) is 25.6. The van der Waals surface area contributed by atoms with E-state index in [1.165, 1.54) is 50.6 Å². The van der Waals surface area contributed by atoms with E-state index in [2.05, 4.69) is 140 Å². The Morgan fingerprint density at radius 1 is 0.660 bits per heavy atom. The second-order valence-corrected chi connectivity index (χ2v) is 25.3. The summed E-state index contributed by atoms with van der Waals surface area (Å²) in [6.45, 7) is 2.21. The Hall–Kier alpha value is -4.61. The minimum Gasteiger partial charge on any atom is -0.501 e. The molecule has 0 N–H and O–H groups in total. The van der Waals surface area contributed by atoms with Crippen molar-refractivity contribution >= 4 is 39.6 Å². The summed E-state index contributed by atoms with van der Waals surface area (Å²) in [4.78, 5) is 9.48. The van der Waals surface area contributed by atoms with Gasteiger partial charge in [0.05, 0.1) is 5.58 Å². The van der Waals surface area contributed by atoms with E-state index in [4.69, 9.17) is 14.4 Å². The van der Waals surface area contributed by atoms with Gasteiger partial charge >= 0.3 is 142 Å². The number of hydrogen-bond donors (Lipinski definition) is 0. The summed E-state index contributed by atoms with van der Waals surface area (Å²) in [7, 11) is 0. The molecule has 0 spiro atoms. The predicted molar refractivity (Wildman–Crippen MR) is 220 cm³/mol. The molecular formula is C48H42GeIrN2O-2. The van der Waals surface area contributed by atoms with Crippen molar-refractivity contribution in [3.63, 3.8) is 0 Å². The van der Waals surface area contributed by atoms with Gasteiger partial charge in [-0.15, -0.1) is 18.2 Å². The molecule has 5 aromatic carbocycles. The summed E-state index contributed by atoms with van der Waals surface area (Å²) < 4.78 is 7.90. The van der Waals surface area contributed by atoms with Crippen LogP contribution in [-0.4, -0.2) is 23.2 Å². The van der Waals surface area contributed by atoms with Gasteiger partial charge in [0.15, 0.2) is 0 Å². The van der Waals surface area contributed by atoms with Crippen LogP contribution in [0.5, 0.6) is 0 Å². The van der Waals surface area contributed by atoms with Crippen LogP contribution < -0.4 is 4.40 Å². The summed E-state index contributed by atoms with van der Waals surface area (Å²) in [5, 5.41) is 2.27. The summed E-state index contributed by atoms with van der Waals surface area (Å²) in [5.41, 5.74) is 14.8. The number of hydrogen-bond acceptors (Lipinski definition) is 3. The Bertz CT molecular complexity index is 2520. The van der Waals surface area contributed by atoms with E-state index in [0.717, 1.165) is 62.9 Å². The van der Waals surface area contributed by atoms with E-state index >= 15 is 0 Å². The maximum atomic E-state index is 6.42. The van der Waals surface area contributed by atoms with Crippen LogP contribution in [0.25, 0.3) is 66.7 Å². The minimum atomic E-state index is -1.85. The first-order valence-electron chi connectivity index (χ1n) is 18.3. The van der Waals surface area contributed by atoms with E-state index in [0.29, 0.717) is 0 Å². The molecule has 0 atom stereocenters. The third-order valence-corrected chi connectivity index (χ3v) is 14.6. The molecule has 3 aromatic heterocycles. The molecule has 265 valence electrons. The summed E-state index contributed by atoms with van der Waals surface area (Å²) >= 11 is -1.85. The van der Waals surface area contributed by atoms with Crippen LogP contribution >= 0.6 is 0 Å². The van der Waals surface area contributed by atoms with E-state index in [1.807, 2.05) is 30.5 Å². The number of rotatable bonds is 5. The molecule has 9 rings (SSSR count). The number of benzene rings is 5. The maximum Gasteiger partial charge on any atom is 0.121 e. The van der Waals surface area contributed by atoms with Crippen LogP contribution in [0.4, 0.5) is 0 Å². The average molecular weight is 928 g/mol. The quantitative estimate of drug-likeness (QED) is 0.128. The van der Waals surface area contributed by atoms with Crippen molar-refractivity contribution in [2.75, 3.05) is 0 Å². The molecule has 1 aliphatic carbocycles. The average Bonchev–Trinajstić information content (AvgIpc) is 3.56. The zero-order valence-corrected chi connectivity index (χ0v) is 35.2. The van der Waals surface area contributed by atoms with Gasteiger partial charge in [0.1, 0.15) is 5.58 Å². The topological polar surface area (TPSA) is 38.9 Å². The third-order valence-electron chi connectivity index (χ3n) is 10.2. The van der Waals surface area contributed by atoms with Crippen molar-refractivity contribution < 1.29 is 24.5 Å². The van der Waals surface area contributed by atoms with Crippen molar-refractivity contribution in [2.24, 2.45) is 0 Å². The smallest absolute Gasteiger partial charge is 0.121 e. The predicted octanol–water partition coefficient (Wildman–Crippen LogP) is 12.1. The fourth-order valence-electron chi connectivity index (χ4n) is 7.52. The number of pyridine rings is 2. The van der Waals surface area contributed by atoms with E-state index < -0.39 is 13.3 Å². The molecule has 1 radical (unpaired) electrons. The molecule has 0 fully saturated rings. The zero-order valence-electron chi connectivity index (χ0n) is 30.7. The number of nitrogens with zero attached hydrogens (tertiary/aromatic N) is 2. The molecule has 8 aromatic rings. The number of furan rings is 1. The van der Waals surface area contributed by atoms with Gasteiger partial charge in [-0.3, -0.25) is 0 Å².